The Bertz CT molecular complexity index is 161. The first-order valence-corrected chi connectivity index (χ1v) is 5.78. The largest absolute Gasteiger partial charge is 0.389 e. The van der Waals surface area contributed by atoms with Crippen LogP contribution in [0.1, 0.15) is 12.8 Å². The van der Waals surface area contributed by atoms with E-state index in [1.807, 2.05) is 0 Å². The van der Waals surface area contributed by atoms with Crippen molar-refractivity contribution < 1.29 is 9.84 Å². The number of likely N-dealkylation sites (N-methyl/N-ethyl adjacent to an activating group) is 1. The van der Waals surface area contributed by atoms with E-state index in [9.17, 15) is 5.11 Å². The van der Waals surface area contributed by atoms with Gasteiger partial charge in [-0.05, 0) is 38.9 Å². The van der Waals surface area contributed by atoms with E-state index in [-0.39, 0.29) is 6.10 Å². The Hall–Kier alpha value is -0.160. The van der Waals surface area contributed by atoms with E-state index in [4.69, 9.17) is 4.74 Å². The maximum atomic E-state index is 9.57. The van der Waals surface area contributed by atoms with Crippen molar-refractivity contribution in [3.05, 3.63) is 0 Å². The molecule has 1 atom stereocenters. The Morgan fingerprint density at radius 3 is 2.73 bits per heavy atom. The lowest BCUT2D eigenvalue weighted by Gasteiger charge is -2.28. The quantitative estimate of drug-likeness (QED) is 0.652. The number of aliphatic hydroxyl groups is 1. The molecule has 1 rings (SSSR count). The molecule has 1 unspecified atom stereocenters. The average Bonchev–Trinajstić information content (AvgIpc) is 2.19. The van der Waals surface area contributed by atoms with Gasteiger partial charge < -0.3 is 20.1 Å². The maximum absolute atomic E-state index is 9.57. The molecule has 1 fully saturated rings. The number of rotatable bonds is 6. The number of nitrogens with zero attached hydrogens (tertiary/aromatic N) is 1. The van der Waals surface area contributed by atoms with E-state index in [1.54, 1.807) is 7.11 Å². The average molecular weight is 216 g/mol. The molecule has 0 saturated carbocycles. The normalized spacial score (nSPS) is 20.8. The predicted molar refractivity (Wildman–Crippen MR) is 61.0 cm³/mol. The summed E-state index contributed by atoms with van der Waals surface area (Å²) in [5.41, 5.74) is 0. The fourth-order valence-electron chi connectivity index (χ4n) is 2.18. The zero-order valence-electron chi connectivity index (χ0n) is 9.91. The summed E-state index contributed by atoms with van der Waals surface area (Å²) in [5, 5.41) is 12.9. The summed E-state index contributed by atoms with van der Waals surface area (Å²) in [5.74, 6) is 0.783. The zero-order valence-corrected chi connectivity index (χ0v) is 9.91. The Morgan fingerprint density at radius 1 is 1.47 bits per heavy atom. The van der Waals surface area contributed by atoms with Gasteiger partial charge in [-0.1, -0.05) is 0 Å². The zero-order chi connectivity index (χ0) is 11.1. The lowest BCUT2D eigenvalue weighted by molar-refractivity contribution is 0.0393. The van der Waals surface area contributed by atoms with E-state index in [0.717, 1.165) is 25.6 Å². The van der Waals surface area contributed by atoms with Crippen LogP contribution in [0.2, 0.25) is 0 Å². The fourth-order valence-corrected chi connectivity index (χ4v) is 2.18. The van der Waals surface area contributed by atoms with Crippen LogP contribution in [0.15, 0.2) is 0 Å². The van der Waals surface area contributed by atoms with Crippen molar-refractivity contribution in [1.29, 1.82) is 0 Å². The number of ether oxygens (including phenoxy) is 1. The van der Waals surface area contributed by atoms with Crippen LogP contribution >= 0.6 is 0 Å². The number of nitrogens with one attached hydrogen (secondary N) is 1. The van der Waals surface area contributed by atoms with Gasteiger partial charge in [-0.25, -0.2) is 0 Å². The second-order valence-corrected chi connectivity index (χ2v) is 4.52. The third-order valence-electron chi connectivity index (χ3n) is 2.91. The van der Waals surface area contributed by atoms with Gasteiger partial charge >= 0.3 is 0 Å². The number of piperidine rings is 1. The summed E-state index contributed by atoms with van der Waals surface area (Å²) in [7, 11) is 3.69. The predicted octanol–water partition coefficient (Wildman–Crippen LogP) is -0.0749. The Labute approximate surface area is 92.6 Å². The van der Waals surface area contributed by atoms with Gasteiger partial charge in [0, 0.05) is 20.2 Å². The third-order valence-corrected chi connectivity index (χ3v) is 2.91. The second-order valence-electron chi connectivity index (χ2n) is 4.52. The first-order chi connectivity index (χ1) is 7.22. The molecule has 0 aromatic rings. The van der Waals surface area contributed by atoms with Crippen LogP contribution in [0, 0.1) is 5.92 Å². The van der Waals surface area contributed by atoms with Crippen LogP contribution in [0.25, 0.3) is 0 Å². The highest BCUT2D eigenvalue weighted by atomic mass is 16.5. The molecule has 0 amide bonds. The minimum atomic E-state index is -0.360. The molecule has 4 nitrogen and oxygen atoms in total. The first-order valence-electron chi connectivity index (χ1n) is 5.78. The van der Waals surface area contributed by atoms with Crippen molar-refractivity contribution in [3.63, 3.8) is 0 Å². The molecule has 1 heterocycles. The SMILES string of the molecule is COCC(O)CN(C)CC1CCNCC1. The van der Waals surface area contributed by atoms with Gasteiger partial charge in [0.2, 0.25) is 0 Å². The lowest BCUT2D eigenvalue weighted by atomic mass is 9.97. The number of aliphatic hydroxyl groups excluding tert-OH is 1. The van der Waals surface area contributed by atoms with E-state index < -0.39 is 0 Å². The minimum Gasteiger partial charge on any atom is -0.389 e. The fraction of sp³-hybridized carbons (Fsp3) is 1.00. The molecular weight excluding hydrogens is 192 g/mol. The molecule has 4 heteroatoms. The molecule has 90 valence electrons. The molecule has 0 spiro atoms. The standard InChI is InChI=1S/C11H24N2O2/c1-13(8-11(14)9-15-2)7-10-3-5-12-6-4-10/h10-12,14H,3-9H2,1-2H3. The molecule has 0 aliphatic carbocycles. The lowest BCUT2D eigenvalue weighted by Crippen LogP contribution is -2.38. The highest BCUT2D eigenvalue weighted by Gasteiger charge is 2.16. The highest BCUT2D eigenvalue weighted by molar-refractivity contribution is 4.72. The number of methoxy groups -OCH3 is 1. The molecule has 2 N–H and O–H groups in total. The Kier molecular flexibility index (Phi) is 6.17. The van der Waals surface area contributed by atoms with Crippen molar-refractivity contribution in [2.45, 2.75) is 18.9 Å². The molecule has 0 radical (unpaired) electrons. The van der Waals surface area contributed by atoms with Gasteiger partial charge in [0.1, 0.15) is 0 Å². The number of hydrogen-bond donors (Lipinski definition) is 2. The summed E-state index contributed by atoms with van der Waals surface area (Å²) in [6.45, 7) is 4.50. The van der Waals surface area contributed by atoms with Gasteiger partial charge in [0.15, 0.2) is 0 Å². The molecule has 1 saturated heterocycles. The Balaban J connectivity index is 2.13. The second kappa shape index (κ2) is 7.17. The van der Waals surface area contributed by atoms with Crippen LogP contribution in [0.3, 0.4) is 0 Å². The van der Waals surface area contributed by atoms with Crippen LogP contribution in [0.4, 0.5) is 0 Å². The van der Waals surface area contributed by atoms with E-state index in [1.165, 1.54) is 12.8 Å². The summed E-state index contributed by atoms with van der Waals surface area (Å²) >= 11 is 0. The third kappa shape index (κ3) is 5.47. The van der Waals surface area contributed by atoms with Crippen molar-refractivity contribution >= 4 is 0 Å². The molecule has 15 heavy (non-hydrogen) atoms. The smallest absolute Gasteiger partial charge is 0.0899 e. The minimum absolute atomic E-state index is 0.360. The van der Waals surface area contributed by atoms with Gasteiger partial charge in [-0.15, -0.1) is 0 Å². The van der Waals surface area contributed by atoms with Gasteiger partial charge in [0.05, 0.1) is 12.7 Å². The molecule has 0 aromatic heterocycles. The summed E-state index contributed by atoms with van der Waals surface area (Å²) in [6.07, 6.45) is 2.15. The van der Waals surface area contributed by atoms with Crippen LogP contribution in [-0.4, -0.2) is 63.1 Å². The van der Waals surface area contributed by atoms with Crippen LogP contribution < -0.4 is 5.32 Å². The highest BCUT2D eigenvalue weighted by Crippen LogP contribution is 2.12. The summed E-state index contributed by atoms with van der Waals surface area (Å²) < 4.78 is 4.91. The van der Waals surface area contributed by atoms with Gasteiger partial charge in [-0.2, -0.15) is 0 Å². The van der Waals surface area contributed by atoms with Crippen molar-refractivity contribution in [2.75, 3.05) is 46.9 Å². The summed E-state index contributed by atoms with van der Waals surface area (Å²) in [4.78, 5) is 2.21. The molecule has 0 bridgehead atoms. The van der Waals surface area contributed by atoms with E-state index >= 15 is 0 Å². The molecular formula is C11H24N2O2. The monoisotopic (exact) mass is 216 g/mol. The van der Waals surface area contributed by atoms with Crippen molar-refractivity contribution in [1.82, 2.24) is 10.2 Å². The Morgan fingerprint density at radius 2 is 2.13 bits per heavy atom. The van der Waals surface area contributed by atoms with Gasteiger partial charge in [0.25, 0.3) is 0 Å². The van der Waals surface area contributed by atoms with Crippen molar-refractivity contribution in [3.8, 4) is 0 Å². The maximum Gasteiger partial charge on any atom is 0.0899 e. The van der Waals surface area contributed by atoms with E-state index in [2.05, 4.69) is 17.3 Å². The topological polar surface area (TPSA) is 44.7 Å². The summed E-state index contributed by atoms with van der Waals surface area (Å²) in [6, 6.07) is 0. The molecule has 0 aromatic carbocycles. The number of hydrogen-bond acceptors (Lipinski definition) is 4. The first kappa shape index (κ1) is 12.9. The van der Waals surface area contributed by atoms with Crippen LogP contribution in [-0.2, 0) is 4.74 Å². The van der Waals surface area contributed by atoms with Gasteiger partial charge in [-0.3, -0.25) is 0 Å². The van der Waals surface area contributed by atoms with E-state index in [0.29, 0.717) is 13.2 Å². The van der Waals surface area contributed by atoms with Crippen molar-refractivity contribution in [2.24, 2.45) is 5.92 Å². The molecule has 1 aliphatic rings. The molecule has 1 aliphatic heterocycles. The van der Waals surface area contributed by atoms with Crippen LogP contribution in [0.5, 0.6) is 0 Å².